The van der Waals surface area contributed by atoms with Gasteiger partial charge in [0.05, 0.1) is 29.4 Å². The Morgan fingerprint density at radius 1 is 0.957 bits per heavy atom. The van der Waals surface area contributed by atoms with Crippen LogP contribution in [-0.2, 0) is 32.6 Å². The molecular weight excluding hydrogens is 612 g/mol. The molecule has 0 bridgehead atoms. The monoisotopic (exact) mass is 648 g/mol. The van der Waals surface area contributed by atoms with Crippen molar-refractivity contribution in [3.63, 3.8) is 0 Å². The third-order valence-corrected chi connectivity index (χ3v) is 7.93. The first-order valence-corrected chi connectivity index (χ1v) is 16.0. The first kappa shape index (κ1) is 34.2. The molecule has 15 heteroatoms. The molecule has 1 aromatic heterocycles. The number of nitrogens with one attached hydrogen (secondary N) is 1. The first-order valence-electron chi connectivity index (χ1n) is 14.4. The molecule has 0 aliphatic carbocycles. The predicted octanol–water partition coefficient (Wildman–Crippen LogP) is -0.131. The highest BCUT2D eigenvalue weighted by Crippen LogP contribution is 2.24. The number of nitrogens with two attached hydrogens (primary N) is 4. The second-order valence-corrected chi connectivity index (χ2v) is 12.1. The molecule has 0 unspecified atom stereocenters. The van der Waals surface area contributed by atoms with Crippen LogP contribution in [0, 0.1) is 6.92 Å². The summed E-state index contributed by atoms with van der Waals surface area (Å²) >= 11 is 0. The number of ketones is 1. The van der Waals surface area contributed by atoms with Crippen molar-refractivity contribution in [2.75, 3.05) is 6.54 Å². The zero-order valence-corrected chi connectivity index (χ0v) is 25.9. The van der Waals surface area contributed by atoms with Crippen molar-refractivity contribution in [1.82, 2.24) is 15.2 Å². The van der Waals surface area contributed by atoms with Crippen LogP contribution in [0.4, 0.5) is 0 Å². The number of amidine groups is 1. The number of carbonyl (C=O) groups excluding carboxylic acids is 4. The molecule has 9 N–H and O–H groups in total. The minimum atomic E-state index is -4.56. The second-order valence-electron chi connectivity index (χ2n) is 10.9. The lowest BCUT2D eigenvalue weighted by Gasteiger charge is -2.27. The fourth-order valence-electron chi connectivity index (χ4n) is 5.24. The number of rotatable bonds is 11. The van der Waals surface area contributed by atoms with E-state index >= 15 is 0 Å². The number of nitrogens with zero attached hydrogens (tertiary/aromatic N) is 3. The molecule has 2 aromatic carbocycles. The van der Waals surface area contributed by atoms with Gasteiger partial charge < -0.3 is 22.5 Å². The molecule has 3 atom stereocenters. The predicted molar refractivity (Wildman–Crippen MR) is 171 cm³/mol. The van der Waals surface area contributed by atoms with E-state index in [0.29, 0.717) is 35.4 Å². The number of pyridine rings is 1. The van der Waals surface area contributed by atoms with Crippen LogP contribution < -0.4 is 27.7 Å². The van der Waals surface area contributed by atoms with Gasteiger partial charge in [0.25, 0.3) is 17.7 Å². The highest BCUT2D eigenvalue weighted by Gasteiger charge is 2.41. The number of benzene rings is 2. The fraction of sp³-hybridized carbons (Fsp3) is 0.290. The molecule has 3 aromatic rings. The molecule has 0 spiro atoms. The number of Topliss-reactive ketones (excluding diaryl/α,β-unsaturated/α-hetero) is 1. The summed E-state index contributed by atoms with van der Waals surface area (Å²) in [6, 6.07) is 14.1. The molecule has 1 aliphatic rings. The summed E-state index contributed by atoms with van der Waals surface area (Å²) in [6.45, 7) is 1.87. The molecule has 0 saturated carbocycles. The number of aromatic nitrogens is 1. The van der Waals surface area contributed by atoms with Gasteiger partial charge in [0.1, 0.15) is 5.84 Å². The Hall–Kier alpha value is -4.67. The van der Waals surface area contributed by atoms with Crippen molar-refractivity contribution in [3.8, 4) is 0 Å². The van der Waals surface area contributed by atoms with E-state index in [-0.39, 0.29) is 24.1 Å². The number of amides is 3. The van der Waals surface area contributed by atoms with Gasteiger partial charge in [-0.3, -0.25) is 24.2 Å². The van der Waals surface area contributed by atoms with Gasteiger partial charge in [-0.15, -0.1) is 4.40 Å². The van der Waals surface area contributed by atoms with Gasteiger partial charge in [-0.25, -0.2) is 10.0 Å². The molecule has 14 nitrogen and oxygen atoms in total. The Bertz CT molecular complexity index is 1760. The maximum absolute atomic E-state index is 14.5. The van der Waals surface area contributed by atoms with E-state index in [1.165, 1.54) is 6.92 Å². The summed E-state index contributed by atoms with van der Waals surface area (Å²) in [7, 11) is -4.56. The fourth-order valence-corrected chi connectivity index (χ4v) is 5.62. The van der Waals surface area contributed by atoms with Crippen LogP contribution in [0.25, 0.3) is 0 Å². The van der Waals surface area contributed by atoms with Crippen molar-refractivity contribution in [2.24, 2.45) is 26.7 Å². The van der Waals surface area contributed by atoms with Gasteiger partial charge in [0.2, 0.25) is 0 Å². The van der Waals surface area contributed by atoms with Crippen molar-refractivity contribution in [3.05, 3.63) is 100 Å². The summed E-state index contributed by atoms with van der Waals surface area (Å²) in [6.07, 6.45) is 2.05. The lowest BCUT2D eigenvalue weighted by Crippen LogP contribution is -2.55. The van der Waals surface area contributed by atoms with E-state index in [1.807, 2.05) is 0 Å². The summed E-state index contributed by atoms with van der Waals surface area (Å²) in [5, 5.41) is 8.05. The van der Waals surface area contributed by atoms with Gasteiger partial charge in [-0.1, -0.05) is 60.7 Å². The van der Waals surface area contributed by atoms with E-state index < -0.39 is 68.8 Å². The van der Waals surface area contributed by atoms with Gasteiger partial charge >= 0.3 is 10.2 Å². The van der Waals surface area contributed by atoms with Gasteiger partial charge in [-0.2, -0.15) is 8.42 Å². The molecule has 4 rings (SSSR count). The van der Waals surface area contributed by atoms with E-state index in [4.69, 9.17) is 22.3 Å². The van der Waals surface area contributed by atoms with Crippen LogP contribution in [0.3, 0.4) is 0 Å². The van der Waals surface area contributed by atoms with E-state index in [1.54, 1.807) is 60.7 Å². The number of imide groups is 3. The van der Waals surface area contributed by atoms with Gasteiger partial charge in [0.15, 0.2) is 5.78 Å². The Morgan fingerprint density at radius 3 is 2.04 bits per heavy atom. The standard InChI is InChI=1S/C31H36N8O6S/c1-18-25(31(43)39(30(42)24-13-8-14-36-24)29(41)23(33)16-20-11-6-3-7-12-20)26(21(17-37-18)28(34)38-46(35,44)45)27(40)22(32)15-19-9-4-2-5-10-19/h2-7,9-12,17,22-24,36H,8,13-16,32-33H2,1H3,(H2,34,38)(H2,35,44,45)/t22-,23-,24-/m0/s1. The Labute approximate surface area is 266 Å². The number of carbonyl (C=O) groups is 4. The molecule has 3 amide bonds. The lowest BCUT2D eigenvalue weighted by atomic mass is 9.90. The lowest BCUT2D eigenvalue weighted by molar-refractivity contribution is -0.143. The van der Waals surface area contributed by atoms with E-state index in [0.717, 1.165) is 6.20 Å². The van der Waals surface area contributed by atoms with Crippen molar-refractivity contribution in [2.45, 2.75) is 50.7 Å². The van der Waals surface area contributed by atoms with Crippen LogP contribution in [-0.4, -0.2) is 72.3 Å². The molecule has 0 radical (unpaired) electrons. The Balaban J connectivity index is 1.87. The normalized spacial score (nSPS) is 16.4. The Kier molecular flexibility index (Phi) is 10.9. The SMILES string of the molecule is Cc1ncc(C(N)=NS(N)(=O)=O)c(C(=O)[C@@H](N)Cc2ccccc2)c1C(=O)N(C(=O)[C@@H]1CCCN1)C(=O)[C@@H](N)Cc1ccccc1. The molecule has 2 heterocycles. The maximum atomic E-state index is 14.5. The number of aryl methyl sites for hydroxylation is 1. The zero-order valence-electron chi connectivity index (χ0n) is 25.1. The van der Waals surface area contributed by atoms with Crippen molar-refractivity contribution < 1.29 is 27.6 Å². The average Bonchev–Trinajstić information content (AvgIpc) is 3.56. The molecule has 1 aliphatic heterocycles. The summed E-state index contributed by atoms with van der Waals surface area (Å²) in [5.41, 5.74) is 18.6. The van der Waals surface area contributed by atoms with Crippen LogP contribution in [0.1, 0.15) is 55.9 Å². The number of hydrogen-bond acceptors (Lipinski definition) is 10. The topological polar surface area (TPSA) is 247 Å². The van der Waals surface area contributed by atoms with Gasteiger partial charge in [-0.05, 0) is 50.3 Å². The zero-order chi connectivity index (χ0) is 33.6. The minimum absolute atomic E-state index is 0.00774. The highest BCUT2D eigenvalue weighted by atomic mass is 32.2. The van der Waals surface area contributed by atoms with Crippen LogP contribution in [0.5, 0.6) is 0 Å². The average molecular weight is 649 g/mol. The molecule has 1 saturated heterocycles. The molecule has 242 valence electrons. The van der Waals surface area contributed by atoms with Gasteiger partial charge in [0, 0.05) is 17.3 Å². The van der Waals surface area contributed by atoms with Crippen LogP contribution in [0.2, 0.25) is 0 Å². The van der Waals surface area contributed by atoms with E-state index in [9.17, 15) is 27.6 Å². The maximum Gasteiger partial charge on any atom is 0.319 e. The van der Waals surface area contributed by atoms with Crippen molar-refractivity contribution >= 4 is 39.5 Å². The second kappa shape index (κ2) is 14.6. The quantitative estimate of drug-likeness (QED) is 0.0793. The minimum Gasteiger partial charge on any atom is -0.382 e. The third kappa shape index (κ3) is 8.13. The Morgan fingerprint density at radius 2 is 1.52 bits per heavy atom. The summed E-state index contributed by atoms with van der Waals surface area (Å²) in [5.74, 6) is -4.65. The molecular formula is C31H36N8O6S. The first-order chi connectivity index (χ1) is 21.8. The molecule has 46 heavy (non-hydrogen) atoms. The third-order valence-electron chi connectivity index (χ3n) is 7.48. The summed E-state index contributed by atoms with van der Waals surface area (Å²) < 4.78 is 26.9. The number of hydrogen-bond donors (Lipinski definition) is 5. The highest BCUT2D eigenvalue weighted by molar-refractivity contribution is 7.88. The largest absolute Gasteiger partial charge is 0.382 e. The van der Waals surface area contributed by atoms with E-state index in [2.05, 4.69) is 14.7 Å². The van der Waals surface area contributed by atoms with Crippen LogP contribution >= 0.6 is 0 Å². The summed E-state index contributed by atoms with van der Waals surface area (Å²) in [4.78, 5) is 60.8. The smallest absolute Gasteiger partial charge is 0.319 e. The van der Waals surface area contributed by atoms with Crippen molar-refractivity contribution in [1.29, 1.82) is 0 Å². The van der Waals surface area contributed by atoms with Crippen LogP contribution in [0.15, 0.2) is 71.3 Å². The molecule has 1 fully saturated rings.